The Bertz CT molecular complexity index is 843. The molecule has 0 unspecified atom stereocenters. The van der Waals surface area contributed by atoms with Gasteiger partial charge in [-0.25, -0.2) is 4.90 Å². The van der Waals surface area contributed by atoms with Crippen LogP contribution in [0, 0.1) is 5.92 Å². The van der Waals surface area contributed by atoms with Gasteiger partial charge in [-0.15, -0.1) is 0 Å². The highest BCUT2D eigenvalue weighted by Gasteiger charge is 2.44. The molecule has 4 heterocycles. The third-order valence-electron chi connectivity index (χ3n) is 6.47. The molecule has 3 fully saturated rings. The fourth-order valence-corrected chi connectivity index (χ4v) is 4.85. The van der Waals surface area contributed by atoms with Crippen LogP contribution in [0.5, 0.6) is 11.5 Å². The van der Waals surface area contributed by atoms with Crippen LogP contribution in [-0.2, 0) is 14.4 Å². The summed E-state index contributed by atoms with van der Waals surface area (Å²) in [6.45, 7) is 3.23. The number of ether oxygens (including phenoxy) is 2. The van der Waals surface area contributed by atoms with E-state index < -0.39 is 6.04 Å². The van der Waals surface area contributed by atoms with Crippen LogP contribution in [0.2, 0.25) is 0 Å². The number of carbonyl (C=O) groups excluding carboxylic acids is 3. The van der Waals surface area contributed by atoms with Gasteiger partial charge in [-0.1, -0.05) is 0 Å². The predicted molar refractivity (Wildman–Crippen MR) is 104 cm³/mol. The van der Waals surface area contributed by atoms with Gasteiger partial charge in [0.15, 0.2) is 11.5 Å². The van der Waals surface area contributed by atoms with Crippen molar-refractivity contribution in [2.75, 3.05) is 37.9 Å². The summed E-state index contributed by atoms with van der Waals surface area (Å²) in [4.78, 5) is 43.6. The third kappa shape index (κ3) is 3.25. The van der Waals surface area contributed by atoms with Crippen molar-refractivity contribution in [1.29, 1.82) is 0 Å². The monoisotopic (exact) mass is 399 g/mol. The van der Waals surface area contributed by atoms with Gasteiger partial charge in [-0.2, -0.15) is 0 Å². The number of anilines is 1. The van der Waals surface area contributed by atoms with Crippen molar-refractivity contribution in [3.63, 3.8) is 0 Å². The molecule has 8 nitrogen and oxygen atoms in total. The van der Waals surface area contributed by atoms with Crippen molar-refractivity contribution in [1.82, 2.24) is 9.80 Å². The first-order valence-electron chi connectivity index (χ1n) is 10.4. The first kappa shape index (κ1) is 18.4. The molecule has 4 aliphatic rings. The minimum atomic E-state index is -0.448. The number of carbonyl (C=O) groups is 3. The Hall–Kier alpha value is -2.61. The number of likely N-dealkylation sites (tertiary alicyclic amines) is 2. The first-order valence-corrected chi connectivity index (χ1v) is 10.4. The highest BCUT2D eigenvalue weighted by molar-refractivity contribution is 6.22. The van der Waals surface area contributed by atoms with Crippen molar-refractivity contribution < 1.29 is 23.9 Å². The van der Waals surface area contributed by atoms with Gasteiger partial charge in [0.05, 0.1) is 18.2 Å². The van der Waals surface area contributed by atoms with Crippen molar-refractivity contribution >= 4 is 23.4 Å². The number of benzene rings is 1. The Morgan fingerprint density at radius 2 is 1.69 bits per heavy atom. The van der Waals surface area contributed by atoms with Crippen LogP contribution in [0.4, 0.5) is 5.69 Å². The molecular weight excluding hydrogens is 374 g/mol. The van der Waals surface area contributed by atoms with Crippen LogP contribution in [0.1, 0.15) is 32.1 Å². The highest BCUT2D eigenvalue weighted by atomic mass is 16.7. The van der Waals surface area contributed by atoms with E-state index >= 15 is 0 Å². The van der Waals surface area contributed by atoms with Gasteiger partial charge >= 0.3 is 0 Å². The highest BCUT2D eigenvalue weighted by Crippen LogP contribution is 2.37. The Morgan fingerprint density at radius 1 is 0.966 bits per heavy atom. The van der Waals surface area contributed by atoms with Gasteiger partial charge < -0.3 is 14.4 Å². The zero-order valence-electron chi connectivity index (χ0n) is 16.3. The summed E-state index contributed by atoms with van der Waals surface area (Å²) < 4.78 is 10.7. The summed E-state index contributed by atoms with van der Waals surface area (Å²) in [5.74, 6) is 1.08. The van der Waals surface area contributed by atoms with Gasteiger partial charge in [0.25, 0.3) is 5.91 Å². The van der Waals surface area contributed by atoms with Crippen LogP contribution in [0.25, 0.3) is 0 Å². The number of rotatable bonds is 3. The molecule has 5 rings (SSSR count). The second-order valence-corrected chi connectivity index (χ2v) is 8.17. The van der Waals surface area contributed by atoms with Gasteiger partial charge in [0.1, 0.15) is 0 Å². The first-order chi connectivity index (χ1) is 14.1. The minimum Gasteiger partial charge on any atom is -0.454 e. The van der Waals surface area contributed by atoms with Crippen LogP contribution in [0.3, 0.4) is 0 Å². The second-order valence-electron chi connectivity index (χ2n) is 8.17. The van der Waals surface area contributed by atoms with E-state index in [9.17, 15) is 14.4 Å². The number of imide groups is 1. The number of hydrogen-bond acceptors (Lipinski definition) is 6. The second kappa shape index (κ2) is 7.33. The van der Waals surface area contributed by atoms with E-state index in [0.717, 1.165) is 38.8 Å². The van der Waals surface area contributed by atoms with Crippen LogP contribution in [0.15, 0.2) is 18.2 Å². The molecule has 1 aromatic rings. The fourth-order valence-electron chi connectivity index (χ4n) is 4.85. The molecule has 0 saturated carbocycles. The lowest BCUT2D eigenvalue weighted by atomic mass is 9.94. The van der Waals surface area contributed by atoms with Gasteiger partial charge in [-0.05, 0) is 50.9 Å². The van der Waals surface area contributed by atoms with E-state index in [-0.39, 0.29) is 36.9 Å². The average molecular weight is 399 g/mol. The van der Waals surface area contributed by atoms with E-state index in [2.05, 4.69) is 4.90 Å². The molecule has 0 N–H and O–H groups in total. The van der Waals surface area contributed by atoms with Crippen molar-refractivity contribution in [3.05, 3.63) is 18.2 Å². The maximum Gasteiger partial charge on any atom is 0.251 e. The summed E-state index contributed by atoms with van der Waals surface area (Å²) in [5.41, 5.74) is 0.519. The molecule has 0 bridgehead atoms. The number of nitrogens with zero attached hydrogens (tertiary/aromatic N) is 3. The summed E-state index contributed by atoms with van der Waals surface area (Å²) in [6.07, 6.45) is 3.87. The van der Waals surface area contributed by atoms with Crippen molar-refractivity contribution in [2.24, 2.45) is 5.92 Å². The predicted octanol–water partition coefficient (Wildman–Crippen LogP) is 1.38. The number of piperidine rings is 1. The van der Waals surface area contributed by atoms with E-state index in [1.807, 2.05) is 4.90 Å². The van der Waals surface area contributed by atoms with E-state index in [4.69, 9.17) is 9.47 Å². The van der Waals surface area contributed by atoms with E-state index in [0.29, 0.717) is 30.3 Å². The molecule has 154 valence electrons. The lowest BCUT2D eigenvalue weighted by Crippen LogP contribution is -2.48. The lowest BCUT2D eigenvalue weighted by Gasteiger charge is -2.35. The van der Waals surface area contributed by atoms with Crippen molar-refractivity contribution in [3.8, 4) is 11.5 Å². The zero-order chi connectivity index (χ0) is 20.0. The number of amides is 3. The molecule has 1 aromatic carbocycles. The lowest BCUT2D eigenvalue weighted by molar-refractivity contribution is -0.136. The molecule has 1 atom stereocenters. The molecule has 0 spiro atoms. The van der Waals surface area contributed by atoms with Crippen LogP contribution in [-0.4, -0.2) is 66.5 Å². The summed E-state index contributed by atoms with van der Waals surface area (Å²) >= 11 is 0. The Balaban J connectivity index is 1.24. The van der Waals surface area contributed by atoms with Gasteiger partial charge in [0, 0.05) is 25.1 Å². The summed E-state index contributed by atoms with van der Waals surface area (Å²) in [6, 6.07) is 4.67. The topological polar surface area (TPSA) is 79.4 Å². The standard InChI is InChI=1S/C21H25N3O5/c25-19-12-16(21(27)24(19)15-3-4-17-18(11-15)29-13-28-17)22-9-5-14(6-10-22)20(26)23-7-1-2-8-23/h3-4,11,14,16H,1-2,5-10,12-13H2/t16-/m0/s1. The van der Waals surface area contributed by atoms with Crippen LogP contribution >= 0.6 is 0 Å². The molecule has 29 heavy (non-hydrogen) atoms. The summed E-state index contributed by atoms with van der Waals surface area (Å²) in [7, 11) is 0. The van der Waals surface area contributed by atoms with Crippen molar-refractivity contribution in [2.45, 2.75) is 38.1 Å². The van der Waals surface area contributed by atoms with E-state index in [1.165, 1.54) is 4.90 Å². The normalized spacial score (nSPS) is 25.3. The minimum absolute atomic E-state index is 0.0431. The quantitative estimate of drug-likeness (QED) is 0.715. The molecule has 0 aliphatic carbocycles. The number of fused-ring (bicyclic) bond motifs is 1. The molecule has 4 aliphatic heterocycles. The Labute approximate surface area is 169 Å². The Morgan fingerprint density at radius 3 is 2.45 bits per heavy atom. The maximum atomic E-state index is 13.1. The summed E-state index contributed by atoms with van der Waals surface area (Å²) in [5, 5.41) is 0. The molecule has 0 aromatic heterocycles. The maximum absolute atomic E-state index is 13.1. The fraction of sp³-hybridized carbons (Fsp3) is 0.571. The zero-order valence-corrected chi connectivity index (χ0v) is 16.3. The number of hydrogen-bond donors (Lipinski definition) is 0. The molecular formula is C21H25N3O5. The third-order valence-corrected chi connectivity index (χ3v) is 6.47. The van der Waals surface area contributed by atoms with Crippen LogP contribution < -0.4 is 14.4 Å². The van der Waals surface area contributed by atoms with Gasteiger partial charge in [-0.3, -0.25) is 19.3 Å². The van der Waals surface area contributed by atoms with E-state index in [1.54, 1.807) is 18.2 Å². The van der Waals surface area contributed by atoms with Gasteiger partial charge in [0.2, 0.25) is 18.6 Å². The molecule has 8 heteroatoms. The Kier molecular flexibility index (Phi) is 4.66. The molecule has 3 saturated heterocycles. The SMILES string of the molecule is O=C(C1CCN([C@H]2CC(=O)N(c3ccc4c(c3)OCO4)C2=O)CC1)N1CCCC1. The molecule has 3 amide bonds. The average Bonchev–Trinajstić information content (AvgIpc) is 3.47. The largest absolute Gasteiger partial charge is 0.454 e. The molecule has 0 radical (unpaired) electrons. The smallest absolute Gasteiger partial charge is 0.251 e.